The number of benzene rings is 3. The van der Waals surface area contributed by atoms with Crippen LogP contribution in [0, 0.1) is 16.2 Å². The molecule has 0 spiro atoms. The van der Waals surface area contributed by atoms with Crippen LogP contribution in [0.25, 0.3) is 22.8 Å². The number of fused-ring (bicyclic) bond motifs is 2. The number of anilines is 2. The Morgan fingerprint density at radius 3 is 1.67 bits per heavy atom. The summed E-state index contributed by atoms with van der Waals surface area (Å²) in [5.41, 5.74) is 6.77. The molecule has 3 aliphatic rings. The third-order valence-corrected chi connectivity index (χ3v) is 19.1. The van der Waals surface area contributed by atoms with Gasteiger partial charge in [-0.2, -0.15) is 0 Å². The van der Waals surface area contributed by atoms with Gasteiger partial charge < -0.3 is 0 Å². The van der Waals surface area contributed by atoms with Crippen LogP contribution in [0.4, 0.5) is 11.4 Å². The van der Waals surface area contributed by atoms with E-state index >= 15 is 0 Å². The molecule has 8 heteroatoms. The fraction of sp³-hybridized carbons (Fsp3) is 0.250. The van der Waals surface area contributed by atoms with E-state index in [1.54, 1.807) is 40.6 Å². The molecule has 0 bridgehead atoms. The summed E-state index contributed by atoms with van der Waals surface area (Å²) in [5, 5.41) is 4.96. The molecule has 4 heterocycles. The molecule has 0 atom stereocenters. The molecule has 0 N–H and O–H groups in total. The molecule has 0 radical (unpaired) electrons. The van der Waals surface area contributed by atoms with Crippen LogP contribution < -0.4 is 25.7 Å². The first-order valence-corrected chi connectivity index (χ1v) is 25.6. The second kappa shape index (κ2) is 17.9. The summed E-state index contributed by atoms with van der Waals surface area (Å²) < 4.78 is 3.93. The fourth-order valence-corrected chi connectivity index (χ4v) is 17.2. The first-order valence-electron chi connectivity index (χ1n) is 20.9. The van der Waals surface area contributed by atoms with Gasteiger partial charge in [-0.25, -0.2) is 0 Å². The second-order valence-electron chi connectivity index (χ2n) is 16.4. The Balaban J connectivity index is 1.48. The van der Waals surface area contributed by atoms with Gasteiger partial charge in [0.2, 0.25) is 0 Å². The first-order chi connectivity index (χ1) is 29.1. The summed E-state index contributed by atoms with van der Waals surface area (Å²) in [6.45, 7) is 13.9. The van der Waals surface area contributed by atoms with E-state index in [0.717, 1.165) is 55.7 Å². The molecule has 0 unspecified atom stereocenters. The number of hydrogen-bond acceptors (Lipinski definition) is 4. The number of hydrogen-bond donors (Lipinski definition) is 0. The molecule has 60 heavy (non-hydrogen) atoms. The Hall–Kier alpha value is -4.45. The van der Waals surface area contributed by atoms with Gasteiger partial charge >= 0.3 is 350 Å². The number of nitrogens with zero attached hydrogens (tertiary/aromatic N) is 2. The Morgan fingerprint density at radius 2 is 1.20 bits per heavy atom. The van der Waals surface area contributed by atoms with Gasteiger partial charge in [0.1, 0.15) is 0 Å². The van der Waals surface area contributed by atoms with Gasteiger partial charge in [0.25, 0.3) is 0 Å². The number of amides is 2. The summed E-state index contributed by atoms with van der Waals surface area (Å²) >= 11 is 5.07. The van der Waals surface area contributed by atoms with Gasteiger partial charge in [-0.1, -0.05) is 19.9 Å². The maximum atomic E-state index is 15.0. The Labute approximate surface area is 374 Å². The van der Waals surface area contributed by atoms with Crippen molar-refractivity contribution < 1.29 is 27.5 Å². The molecule has 1 fully saturated rings. The van der Waals surface area contributed by atoms with E-state index < -0.39 is 7.26 Å². The molecule has 0 saturated heterocycles. The monoisotopic (exact) mass is 1020 g/mol. The fourth-order valence-electron chi connectivity index (χ4n) is 8.93. The van der Waals surface area contributed by atoms with E-state index in [4.69, 9.17) is 0 Å². The van der Waals surface area contributed by atoms with E-state index in [9.17, 15) is 9.59 Å². The van der Waals surface area contributed by atoms with E-state index in [1.165, 1.54) is 32.4 Å². The van der Waals surface area contributed by atoms with Crippen LogP contribution >= 0.6 is 29.9 Å². The molecule has 3 aromatic carbocycles. The molecule has 1 aliphatic carbocycles. The van der Waals surface area contributed by atoms with Crippen molar-refractivity contribution in [3.05, 3.63) is 157 Å². The van der Waals surface area contributed by atoms with Gasteiger partial charge in [0.15, 0.2) is 0 Å². The van der Waals surface area contributed by atoms with Crippen molar-refractivity contribution in [1.29, 1.82) is 0 Å². The molecular weight excluding hydrogens is 970 g/mol. The zero-order valence-corrected chi connectivity index (χ0v) is 40.2. The third-order valence-electron chi connectivity index (χ3n) is 11.4. The number of rotatable bonds is 11. The van der Waals surface area contributed by atoms with Gasteiger partial charge in [0.05, 0.1) is 0 Å². The average Bonchev–Trinajstić information content (AvgIpc) is 4.07. The molecule has 305 valence electrons. The van der Waals surface area contributed by atoms with Gasteiger partial charge in [-0.3, -0.25) is 0 Å². The van der Waals surface area contributed by atoms with Crippen molar-refractivity contribution >= 4 is 91.8 Å². The summed E-state index contributed by atoms with van der Waals surface area (Å²) in [6, 6.07) is 37.4. The minimum atomic E-state index is -2.57. The number of thiophene rings is 2. The van der Waals surface area contributed by atoms with Crippen molar-refractivity contribution in [1.82, 2.24) is 0 Å². The normalized spacial score (nSPS) is 18.5. The summed E-state index contributed by atoms with van der Waals surface area (Å²) in [6.07, 6.45) is 12.0. The Kier molecular flexibility index (Phi) is 12.6. The van der Waals surface area contributed by atoms with Crippen LogP contribution in [0.15, 0.2) is 138 Å². The molecular formula is C52H51N2O2OsPS2+. The number of carbonyl (C=O) groups is 2. The molecule has 1 saturated carbocycles. The molecule has 2 aromatic heterocycles. The minimum absolute atomic E-state index is 0.0755. The third kappa shape index (κ3) is 7.48. The van der Waals surface area contributed by atoms with Crippen molar-refractivity contribution in [3.63, 3.8) is 0 Å². The summed E-state index contributed by atoms with van der Waals surface area (Å²) in [4.78, 5) is 37.5. The maximum absolute atomic E-state index is 15.0. The number of allylic oxidation sites excluding steroid dienone is 7. The standard InChI is InChI=1S/C52H51N2O2PS2.Os/c1-8-20-42-30-44-49(58-42)47(51(55)53(44)32-34(3)4)48-50-45(54(52(48)56)33-35(5)6)31-46(59-50)43(29-38-22-19-21-37(38)9-2)36(7)57(39-23-13-10-14-24-39,40-25-15-11-16-26-40)41-27-17-12-18-28-41;/h8-18,20,23-31,34-35H,19,21-22,32-33H2,1-6H3;/q+1;/b20-8+,37-9?,38-29?,43-36?,48-47+;. The Bertz CT molecular complexity index is 2560. The quantitative estimate of drug-likeness (QED) is 0.0977. The van der Waals surface area contributed by atoms with Crippen LogP contribution in [0.3, 0.4) is 0 Å². The summed E-state index contributed by atoms with van der Waals surface area (Å²) in [7, 11) is -2.57. The van der Waals surface area contributed by atoms with E-state index in [1.807, 2.05) is 22.8 Å². The predicted molar refractivity (Wildman–Crippen MR) is 256 cm³/mol. The van der Waals surface area contributed by atoms with Crippen LogP contribution in [-0.4, -0.2) is 24.9 Å². The zero-order valence-electron chi connectivity index (χ0n) is 35.1. The van der Waals surface area contributed by atoms with Crippen LogP contribution in [0.5, 0.6) is 0 Å². The van der Waals surface area contributed by atoms with Crippen molar-refractivity contribution in [2.75, 3.05) is 22.9 Å². The molecule has 5 aromatic rings. The van der Waals surface area contributed by atoms with Crippen molar-refractivity contribution in [2.24, 2.45) is 11.8 Å². The molecule has 8 rings (SSSR count). The summed E-state index contributed by atoms with van der Waals surface area (Å²) in [5.74, 6) is 0.329. The van der Waals surface area contributed by atoms with Crippen molar-refractivity contribution in [3.8, 4) is 4.37 Å². The van der Waals surface area contributed by atoms with Gasteiger partial charge in [-0.15, -0.1) is 0 Å². The molecule has 4 nitrogen and oxygen atoms in total. The SMILES string of the molecule is CC=C1CCCC1=CC(=C([C]#[Os])[P+](c1ccccc1)(c1ccccc1)c1ccccc1)c1cc2c(s1)/C(=C1\C(=O)N(CC(C)C)c3cc(/C=C/C)sc31)C(=O)N2CC(C)C. The predicted octanol–water partition coefficient (Wildman–Crippen LogP) is 12.0. The van der Waals surface area contributed by atoms with Crippen LogP contribution in [-0.2, 0) is 27.5 Å². The average molecular weight is 1020 g/mol. The van der Waals surface area contributed by atoms with Gasteiger partial charge in [-0.05, 0) is 6.92 Å². The van der Waals surface area contributed by atoms with Gasteiger partial charge in [0, 0.05) is 0 Å². The van der Waals surface area contributed by atoms with E-state index in [2.05, 4.69) is 160 Å². The first kappa shape index (κ1) is 42.2. The zero-order chi connectivity index (χ0) is 42.1. The topological polar surface area (TPSA) is 40.6 Å². The van der Waals surface area contributed by atoms with E-state index in [0.29, 0.717) is 24.2 Å². The van der Waals surface area contributed by atoms with E-state index in [-0.39, 0.29) is 23.7 Å². The van der Waals surface area contributed by atoms with Crippen LogP contribution in [0.1, 0.15) is 80.3 Å². The van der Waals surface area contributed by atoms with Crippen LogP contribution in [0.2, 0.25) is 0 Å². The second-order valence-corrected chi connectivity index (χ2v) is 22.5. The Morgan fingerprint density at radius 1 is 0.717 bits per heavy atom. The number of carbonyl (C=O) groups excluding carboxylic acids is 2. The molecule has 2 amide bonds. The molecule has 2 aliphatic heterocycles. The van der Waals surface area contributed by atoms with Crippen molar-refractivity contribution in [2.45, 2.75) is 60.8 Å².